The van der Waals surface area contributed by atoms with E-state index in [1.807, 2.05) is 0 Å². The minimum atomic E-state index is 0.414. The Morgan fingerprint density at radius 2 is 1.92 bits per heavy atom. The van der Waals surface area contributed by atoms with Gasteiger partial charge in [-0.15, -0.1) is 0 Å². The van der Waals surface area contributed by atoms with Crippen LogP contribution in [0.3, 0.4) is 0 Å². The SMILES string of the molecule is OCC(C1CCC1)C1CCCNC1. The van der Waals surface area contributed by atoms with Crippen molar-refractivity contribution in [1.82, 2.24) is 5.32 Å². The molecule has 1 saturated heterocycles. The van der Waals surface area contributed by atoms with Gasteiger partial charge in [-0.1, -0.05) is 19.3 Å². The molecule has 2 heteroatoms. The van der Waals surface area contributed by atoms with Gasteiger partial charge in [0.15, 0.2) is 0 Å². The quantitative estimate of drug-likeness (QED) is 0.693. The molecule has 1 heterocycles. The molecule has 2 fully saturated rings. The molecule has 2 unspecified atom stereocenters. The second-order valence-electron chi connectivity index (χ2n) is 4.64. The number of aliphatic hydroxyl groups excluding tert-OH is 1. The predicted molar refractivity (Wildman–Crippen MR) is 53.5 cm³/mol. The van der Waals surface area contributed by atoms with Gasteiger partial charge in [-0.05, 0) is 43.7 Å². The summed E-state index contributed by atoms with van der Waals surface area (Å²) >= 11 is 0. The summed E-state index contributed by atoms with van der Waals surface area (Å²) < 4.78 is 0. The molecule has 1 saturated carbocycles. The molecule has 2 nitrogen and oxygen atoms in total. The van der Waals surface area contributed by atoms with Crippen LogP contribution in [-0.4, -0.2) is 24.8 Å². The van der Waals surface area contributed by atoms with Gasteiger partial charge in [-0.3, -0.25) is 0 Å². The van der Waals surface area contributed by atoms with Crippen LogP contribution in [-0.2, 0) is 0 Å². The number of aliphatic hydroxyl groups is 1. The van der Waals surface area contributed by atoms with Crippen LogP contribution in [0.5, 0.6) is 0 Å². The molecule has 0 radical (unpaired) electrons. The molecule has 2 atom stereocenters. The minimum absolute atomic E-state index is 0.414. The number of rotatable bonds is 3. The molecule has 0 spiro atoms. The first-order chi connectivity index (χ1) is 6.42. The maximum atomic E-state index is 9.39. The van der Waals surface area contributed by atoms with E-state index >= 15 is 0 Å². The molecule has 2 N–H and O–H groups in total. The molecule has 2 aliphatic rings. The monoisotopic (exact) mass is 183 g/mol. The van der Waals surface area contributed by atoms with Crippen molar-refractivity contribution in [3.05, 3.63) is 0 Å². The maximum absolute atomic E-state index is 9.39. The molecule has 0 aromatic carbocycles. The Kier molecular flexibility index (Phi) is 3.23. The molecule has 1 aliphatic heterocycles. The van der Waals surface area contributed by atoms with E-state index in [-0.39, 0.29) is 0 Å². The Balaban J connectivity index is 1.86. The van der Waals surface area contributed by atoms with E-state index in [0.717, 1.165) is 18.4 Å². The zero-order valence-corrected chi connectivity index (χ0v) is 8.34. The Labute approximate surface area is 80.7 Å². The minimum Gasteiger partial charge on any atom is -0.396 e. The lowest BCUT2D eigenvalue weighted by Gasteiger charge is -2.39. The van der Waals surface area contributed by atoms with Gasteiger partial charge in [-0.25, -0.2) is 0 Å². The Bertz CT molecular complexity index is 150. The highest BCUT2D eigenvalue weighted by molar-refractivity contribution is 4.84. The van der Waals surface area contributed by atoms with Crippen molar-refractivity contribution in [2.75, 3.05) is 19.7 Å². The third-order valence-electron chi connectivity index (χ3n) is 3.91. The van der Waals surface area contributed by atoms with Crippen LogP contribution >= 0.6 is 0 Å². The van der Waals surface area contributed by atoms with Gasteiger partial charge in [0.1, 0.15) is 0 Å². The average molecular weight is 183 g/mol. The van der Waals surface area contributed by atoms with Crippen LogP contribution in [0.1, 0.15) is 32.1 Å². The van der Waals surface area contributed by atoms with Crippen molar-refractivity contribution in [2.24, 2.45) is 17.8 Å². The van der Waals surface area contributed by atoms with E-state index in [1.54, 1.807) is 0 Å². The van der Waals surface area contributed by atoms with Crippen molar-refractivity contribution < 1.29 is 5.11 Å². The van der Waals surface area contributed by atoms with E-state index < -0.39 is 0 Å². The zero-order valence-electron chi connectivity index (χ0n) is 8.34. The van der Waals surface area contributed by atoms with Gasteiger partial charge >= 0.3 is 0 Å². The summed E-state index contributed by atoms with van der Waals surface area (Å²) in [5, 5.41) is 12.8. The number of hydrogen-bond donors (Lipinski definition) is 2. The highest BCUT2D eigenvalue weighted by atomic mass is 16.3. The van der Waals surface area contributed by atoms with Crippen LogP contribution in [0.2, 0.25) is 0 Å². The lowest BCUT2D eigenvalue weighted by atomic mass is 9.69. The molecule has 0 aromatic rings. The predicted octanol–water partition coefficient (Wildman–Crippen LogP) is 1.39. The fourth-order valence-electron chi connectivity index (χ4n) is 2.80. The number of piperidine rings is 1. The summed E-state index contributed by atoms with van der Waals surface area (Å²) in [6, 6.07) is 0. The summed E-state index contributed by atoms with van der Waals surface area (Å²) in [5.74, 6) is 2.19. The van der Waals surface area contributed by atoms with Gasteiger partial charge in [0.05, 0.1) is 0 Å². The fraction of sp³-hybridized carbons (Fsp3) is 1.00. The highest BCUT2D eigenvalue weighted by Crippen LogP contribution is 2.38. The van der Waals surface area contributed by atoms with Gasteiger partial charge < -0.3 is 10.4 Å². The first-order valence-electron chi connectivity index (χ1n) is 5.73. The topological polar surface area (TPSA) is 32.3 Å². The molecule has 2 rings (SSSR count). The Morgan fingerprint density at radius 1 is 1.15 bits per heavy atom. The summed E-state index contributed by atoms with van der Waals surface area (Å²) in [5.41, 5.74) is 0. The largest absolute Gasteiger partial charge is 0.396 e. The molecule has 0 aromatic heterocycles. The zero-order chi connectivity index (χ0) is 9.10. The van der Waals surface area contributed by atoms with Crippen LogP contribution < -0.4 is 5.32 Å². The second kappa shape index (κ2) is 4.43. The highest BCUT2D eigenvalue weighted by Gasteiger charge is 2.33. The van der Waals surface area contributed by atoms with Crippen molar-refractivity contribution in [1.29, 1.82) is 0 Å². The molecule has 76 valence electrons. The number of hydrogen-bond acceptors (Lipinski definition) is 2. The van der Waals surface area contributed by atoms with Crippen LogP contribution in [0, 0.1) is 17.8 Å². The van der Waals surface area contributed by atoms with Crippen molar-refractivity contribution in [3.8, 4) is 0 Å². The Morgan fingerprint density at radius 3 is 2.38 bits per heavy atom. The molecular formula is C11H21NO. The Hall–Kier alpha value is -0.0800. The van der Waals surface area contributed by atoms with Crippen LogP contribution in [0.25, 0.3) is 0 Å². The van der Waals surface area contributed by atoms with Crippen LogP contribution in [0.4, 0.5) is 0 Å². The molecule has 0 bridgehead atoms. The van der Waals surface area contributed by atoms with Crippen molar-refractivity contribution in [3.63, 3.8) is 0 Å². The lowest BCUT2D eigenvalue weighted by molar-refractivity contribution is 0.0652. The second-order valence-corrected chi connectivity index (χ2v) is 4.64. The van der Waals surface area contributed by atoms with Crippen LogP contribution in [0.15, 0.2) is 0 Å². The average Bonchev–Trinajstić information content (AvgIpc) is 2.12. The van der Waals surface area contributed by atoms with Gasteiger partial charge in [0.2, 0.25) is 0 Å². The first kappa shape index (κ1) is 9.47. The standard InChI is InChI=1S/C11H21NO/c13-8-11(9-3-1-4-9)10-5-2-6-12-7-10/h9-13H,1-8H2. The third kappa shape index (κ3) is 2.05. The normalized spacial score (nSPS) is 32.5. The molecule has 13 heavy (non-hydrogen) atoms. The molecule has 1 aliphatic carbocycles. The smallest absolute Gasteiger partial charge is 0.0465 e. The van der Waals surface area contributed by atoms with E-state index in [9.17, 15) is 5.11 Å². The number of nitrogens with one attached hydrogen (secondary N) is 1. The molecular weight excluding hydrogens is 162 g/mol. The van der Waals surface area contributed by atoms with Gasteiger partial charge in [0, 0.05) is 6.61 Å². The summed E-state index contributed by atoms with van der Waals surface area (Å²) in [4.78, 5) is 0. The van der Waals surface area contributed by atoms with E-state index in [1.165, 1.54) is 38.6 Å². The van der Waals surface area contributed by atoms with E-state index in [4.69, 9.17) is 0 Å². The van der Waals surface area contributed by atoms with Gasteiger partial charge in [0.25, 0.3) is 0 Å². The summed E-state index contributed by atoms with van der Waals surface area (Å²) in [7, 11) is 0. The first-order valence-corrected chi connectivity index (χ1v) is 5.73. The van der Waals surface area contributed by atoms with Gasteiger partial charge in [-0.2, -0.15) is 0 Å². The maximum Gasteiger partial charge on any atom is 0.0465 e. The van der Waals surface area contributed by atoms with E-state index in [0.29, 0.717) is 12.5 Å². The van der Waals surface area contributed by atoms with Crippen molar-refractivity contribution in [2.45, 2.75) is 32.1 Å². The van der Waals surface area contributed by atoms with E-state index in [2.05, 4.69) is 5.32 Å². The lowest BCUT2D eigenvalue weighted by Crippen LogP contribution is -2.40. The molecule has 0 amide bonds. The fourth-order valence-corrected chi connectivity index (χ4v) is 2.80. The third-order valence-corrected chi connectivity index (χ3v) is 3.91. The summed E-state index contributed by atoms with van der Waals surface area (Å²) in [6.45, 7) is 2.73. The van der Waals surface area contributed by atoms with Crippen molar-refractivity contribution >= 4 is 0 Å². The summed E-state index contributed by atoms with van der Waals surface area (Å²) in [6.07, 6.45) is 6.74.